The lowest BCUT2D eigenvalue weighted by Gasteiger charge is -2.07. The van der Waals surface area contributed by atoms with E-state index in [2.05, 4.69) is 25.3 Å². The number of hydrogen-bond acceptors (Lipinski definition) is 10. The second kappa shape index (κ2) is 11.3. The maximum absolute atomic E-state index is 12.5. The Morgan fingerprint density at radius 2 is 1.81 bits per heavy atom. The van der Waals surface area contributed by atoms with Crippen molar-refractivity contribution in [1.82, 2.24) is 24.5 Å². The number of sulfonamides is 1. The molecule has 13 nitrogen and oxygen atoms in total. The van der Waals surface area contributed by atoms with Crippen molar-refractivity contribution in [3.8, 4) is 5.75 Å². The highest BCUT2D eigenvalue weighted by atomic mass is 32.2. The van der Waals surface area contributed by atoms with E-state index in [1.54, 1.807) is 24.3 Å². The zero-order valence-electron chi connectivity index (χ0n) is 19.4. The van der Waals surface area contributed by atoms with Gasteiger partial charge in [-0.25, -0.2) is 13.1 Å². The lowest BCUT2D eigenvalue weighted by Crippen LogP contribution is -2.26. The number of nitrogens with one attached hydrogen (secondary N) is 2. The van der Waals surface area contributed by atoms with Gasteiger partial charge in [0.2, 0.25) is 15.9 Å². The first-order valence-corrected chi connectivity index (χ1v) is 13.2. The van der Waals surface area contributed by atoms with Crippen LogP contribution in [-0.2, 0) is 21.2 Å². The summed E-state index contributed by atoms with van der Waals surface area (Å²) in [5.41, 5.74) is 0.855. The third-order valence-electron chi connectivity index (χ3n) is 5.03. The summed E-state index contributed by atoms with van der Waals surface area (Å²) in [5, 5.41) is 26.5. The third kappa shape index (κ3) is 6.58. The maximum Gasteiger partial charge on any atom is 0.269 e. The number of nitro groups is 1. The van der Waals surface area contributed by atoms with E-state index in [0.29, 0.717) is 27.9 Å². The van der Waals surface area contributed by atoms with Crippen LogP contribution in [0.25, 0.3) is 5.65 Å². The molecule has 2 aromatic heterocycles. The molecule has 192 valence electrons. The second-order valence-corrected chi connectivity index (χ2v) is 10.3. The molecule has 1 amide bonds. The summed E-state index contributed by atoms with van der Waals surface area (Å²) in [6.07, 6.45) is 0.234. The Kier molecular flexibility index (Phi) is 7.95. The molecule has 2 aromatic carbocycles. The molecule has 0 aliphatic heterocycles. The van der Waals surface area contributed by atoms with E-state index in [9.17, 15) is 23.3 Å². The maximum atomic E-state index is 12.5. The number of non-ortho nitro benzene ring substituents is 1. The molecule has 0 spiro atoms. The van der Waals surface area contributed by atoms with E-state index < -0.39 is 14.9 Å². The quantitative estimate of drug-likeness (QED) is 0.162. The molecule has 0 radical (unpaired) electrons. The Bertz CT molecular complexity index is 1520. The molecular formula is C22H21N7O6S2. The molecule has 0 saturated carbocycles. The molecule has 0 unspecified atom stereocenters. The van der Waals surface area contributed by atoms with Gasteiger partial charge in [-0.15, -0.1) is 10.2 Å². The van der Waals surface area contributed by atoms with Crippen molar-refractivity contribution in [3.05, 3.63) is 76.6 Å². The van der Waals surface area contributed by atoms with Gasteiger partial charge in [-0.05, 0) is 48.5 Å². The van der Waals surface area contributed by atoms with Gasteiger partial charge in [0.1, 0.15) is 10.8 Å². The fourth-order valence-electron chi connectivity index (χ4n) is 3.19. The van der Waals surface area contributed by atoms with Crippen molar-refractivity contribution >= 4 is 44.7 Å². The Labute approximate surface area is 215 Å². The summed E-state index contributed by atoms with van der Waals surface area (Å²) in [6, 6.07) is 15.0. The van der Waals surface area contributed by atoms with Crippen molar-refractivity contribution in [2.24, 2.45) is 0 Å². The van der Waals surface area contributed by atoms with E-state index >= 15 is 0 Å². The number of aromatic nitrogens is 4. The molecule has 0 aliphatic carbocycles. The van der Waals surface area contributed by atoms with Gasteiger partial charge in [-0.3, -0.25) is 14.9 Å². The van der Waals surface area contributed by atoms with Crippen LogP contribution in [0.5, 0.6) is 5.75 Å². The minimum absolute atomic E-state index is 0.0502. The van der Waals surface area contributed by atoms with E-state index in [1.807, 2.05) is 0 Å². The fourth-order valence-corrected chi connectivity index (χ4v) is 4.87. The summed E-state index contributed by atoms with van der Waals surface area (Å²) in [6.45, 7) is 0.0752. The van der Waals surface area contributed by atoms with Crippen molar-refractivity contribution < 1.29 is 22.9 Å². The van der Waals surface area contributed by atoms with Crippen LogP contribution < -0.4 is 14.8 Å². The standard InChI is InChI=1S/C22H21N7O6S2/c1-35-17-6-8-18(9-7-17)37(33,34)23-13-12-20-26-25-19-10-11-22(27-28(19)20)36-14-21(30)24-15-2-4-16(5-3-15)29(31)32/h2-11,23H,12-14H2,1H3,(H,24,30). The topological polar surface area (TPSA) is 171 Å². The van der Waals surface area contributed by atoms with Crippen molar-refractivity contribution in [2.75, 3.05) is 24.7 Å². The Balaban J connectivity index is 1.34. The number of fused-ring (bicyclic) bond motifs is 1. The number of benzene rings is 2. The van der Waals surface area contributed by atoms with Crippen molar-refractivity contribution in [3.63, 3.8) is 0 Å². The lowest BCUT2D eigenvalue weighted by molar-refractivity contribution is -0.384. The van der Waals surface area contributed by atoms with Crippen LogP contribution in [0, 0.1) is 10.1 Å². The molecule has 0 saturated heterocycles. The highest BCUT2D eigenvalue weighted by Crippen LogP contribution is 2.19. The largest absolute Gasteiger partial charge is 0.497 e. The average Bonchev–Trinajstić information content (AvgIpc) is 3.30. The molecule has 0 fully saturated rings. The van der Waals surface area contributed by atoms with Gasteiger partial charge in [0.05, 0.1) is 22.7 Å². The molecular weight excluding hydrogens is 522 g/mol. The van der Waals surface area contributed by atoms with Gasteiger partial charge in [-0.1, -0.05) is 11.8 Å². The smallest absolute Gasteiger partial charge is 0.269 e. The highest BCUT2D eigenvalue weighted by Gasteiger charge is 2.15. The van der Waals surface area contributed by atoms with Crippen LogP contribution in [0.2, 0.25) is 0 Å². The number of carbonyl (C=O) groups excluding carboxylic acids is 1. The van der Waals surface area contributed by atoms with Gasteiger partial charge in [-0.2, -0.15) is 9.61 Å². The predicted octanol–water partition coefficient (Wildman–Crippen LogP) is 2.29. The molecule has 4 rings (SSSR count). The number of ether oxygens (including phenoxy) is 1. The summed E-state index contributed by atoms with van der Waals surface area (Å²) in [4.78, 5) is 22.6. The van der Waals surface area contributed by atoms with E-state index in [1.165, 1.54) is 59.8 Å². The van der Waals surface area contributed by atoms with Gasteiger partial charge in [0.15, 0.2) is 11.5 Å². The number of anilines is 1. The van der Waals surface area contributed by atoms with Crippen molar-refractivity contribution in [2.45, 2.75) is 16.3 Å². The number of methoxy groups -OCH3 is 1. The van der Waals surface area contributed by atoms with Crippen LogP contribution in [-0.4, -0.2) is 58.5 Å². The molecule has 2 heterocycles. The monoisotopic (exact) mass is 543 g/mol. The van der Waals surface area contributed by atoms with Crippen LogP contribution >= 0.6 is 11.8 Å². The molecule has 15 heteroatoms. The van der Waals surface area contributed by atoms with E-state index in [4.69, 9.17) is 4.74 Å². The second-order valence-electron chi connectivity index (χ2n) is 7.52. The number of rotatable bonds is 11. The van der Waals surface area contributed by atoms with Gasteiger partial charge in [0.25, 0.3) is 5.69 Å². The van der Waals surface area contributed by atoms with Crippen LogP contribution in [0.15, 0.2) is 70.6 Å². The summed E-state index contributed by atoms with van der Waals surface area (Å²) < 4.78 is 34.1. The minimum Gasteiger partial charge on any atom is -0.497 e. The van der Waals surface area contributed by atoms with Gasteiger partial charge >= 0.3 is 0 Å². The number of nitrogens with zero attached hydrogens (tertiary/aromatic N) is 5. The third-order valence-corrected chi connectivity index (χ3v) is 7.42. The Morgan fingerprint density at radius 1 is 1.08 bits per heavy atom. The van der Waals surface area contributed by atoms with E-state index in [0.717, 1.165) is 0 Å². The summed E-state index contributed by atoms with van der Waals surface area (Å²) in [5.74, 6) is 0.745. The van der Waals surface area contributed by atoms with Gasteiger partial charge < -0.3 is 10.1 Å². The first-order valence-electron chi connectivity index (χ1n) is 10.8. The number of nitro benzene ring substituents is 1. The first kappa shape index (κ1) is 26.0. The zero-order chi connectivity index (χ0) is 26.4. The number of thioether (sulfide) groups is 1. The number of amides is 1. The Morgan fingerprint density at radius 3 is 2.49 bits per heavy atom. The fraction of sp³-hybridized carbons (Fsp3) is 0.182. The van der Waals surface area contributed by atoms with Gasteiger partial charge in [0, 0.05) is 30.8 Å². The molecule has 2 N–H and O–H groups in total. The normalized spacial score (nSPS) is 11.4. The summed E-state index contributed by atoms with van der Waals surface area (Å²) in [7, 11) is -2.22. The first-order chi connectivity index (χ1) is 17.7. The minimum atomic E-state index is -3.72. The molecule has 0 atom stereocenters. The number of carbonyl (C=O) groups is 1. The van der Waals surface area contributed by atoms with Crippen molar-refractivity contribution in [1.29, 1.82) is 0 Å². The molecule has 0 aliphatic rings. The van der Waals surface area contributed by atoms with Crippen LogP contribution in [0.4, 0.5) is 11.4 Å². The highest BCUT2D eigenvalue weighted by molar-refractivity contribution is 7.99. The lowest BCUT2D eigenvalue weighted by atomic mass is 10.3. The van der Waals surface area contributed by atoms with Crippen LogP contribution in [0.3, 0.4) is 0 Å². The number of hydrogen-bond donors (Lipinski definition) is 2. The summed E-state index contributed by atoms with van der Waals surface area (Å²) >= 11 is 1.18. The zero-order valence-corrected chi connectivity index (χ0v) is 21.0. The average molecular weight is 544 g/mol. The SMILES string of the molecule is COc1ccc(S(=O)(=O)NCCc2nnc3ccc(SCC(=O)Nc4ccc([N+](=O)[O-])cc4)nn23)cc1. The predicted molar refractivity (Wildman–Crippen MR) is 135 cm³/mol. The Hall–Kier alpha value is -4.08. The molecule has 4 aromatic rings. The molecule has 0 bridgehead atoms. The molecule has 37 heavy (non-hydrogen) atoms. The van der Waals surface area contributed by atoms with E-state index in [-0.39, 0.29) is 35.2 Å². The van der Waals surface area contributed by atoms with Crippen LogP contribution in [0.1, 0.15) is 5.82 Å².